The van der Waals surface area contributed by atoms with Crippen molar-refractivity contribution in [3.8, 4) is 6.07 Å². The third-order valence-electron chi connectivity index (χ3n) is 1.37. The van der Waals surface area contributed by atoms with E-state index < -0.39 is 0 Å². The Morgan fingerprint density at radius 2 is 2.27 bits per heavy atom. The summed E-state index contributed by atoms with van der Waals surface area (Å²) in [6, 6.07) is 2.19. The molecular weight excluding hydrogens is 136 g/mol. The zero-order valence-electron chi connectivity index (χ0n) is 7.30. The molecule has 11 heavy (non-hydrogen) atoms. The second-order valence-electron chi connectivity index (χ2n) is 3.01. The predicted octanol–water partition coefficient (Wildman–Crippen LogP) is 1.70. The maximum Gasteiger partial charge on any atom is 0.0957 e. The summed E-state index contributed by atoms with van der Waals surface area (Å²) in [5.74, 6) is 0.567. The molecule has 1 unspecified atom stereocenters. The predicted molar refractivity (Wildman–Crippen MR) is 47.1 cm³/mol. The van der Waals surface area contributed by atoms with Crippen LogP contribution in [0.15, 0.2) is 12.7 Å². The van der Waals surface area contributed by atoms with Crippen LogP contribution >= 0.6 is 0 Å². The fourth-order valence-electron chi connectivity index (χ4n) is 0.879. The Morgan fingerprint density at radius 3 is 2.64 bits per heavy atom. The second kappa shape index (κ2) is 5.94. The summed E-state index contributed by atoms with van der Waals surface area (Å²) in [5.41, 5.74) is 0. The molecule has 0 saturated carbocycles. The van der Waals surface area contributed by atoms with E-state index in [4.69, 9.17) is 5.26 Å². The molecule has 0 saturated heterocycles. The van der Waals surface area contributed by atoms with Crippen molar-refractivity contribution in [2.45, 2.75) is 26.3 Å². The second-order valence-corrected chi connectivity index (χ2v) is 3.01. The van der Waals surface area contributed by atoms with Crippen molar-refractivity contribution in [1.82, 2.24) is 5.32 Å². The molecule has 1 atom stereocenters. The molecule has 0 aliphatic rings. The van der Waals surface area contributed by atoms with Crippen molar-refractivity contribution in [3.63, 3.8) is 0 Å². The van der Waals surface area contributed by atoms with E-state index in [1.807, 2.05) is 0 Å². The fraction of sp³-hybridized carbons (Fsp3) is 0.667. The lowest BCUT2D eigenvalue weighted by Gasteiger charge is -2.11. The van der Waals surface area contributed by atoms with Crippen molar-refractivity contribution in [2.75, 3.05) is 6.54 Å². The lowest BCUT2D eigenvalue weighted by Crippen LogP contribution is -2.28. The molecule has 0 aromatic rings. The van der Waals surface area contributed by atoms with E-state index in [1.165, 1.54) is 0 Å². The highest BCUT2D eigenvalue weighted by Crippen LogP contribution is 2.02. The van der Waals surface area contributed by atoms with Gasteiger partial charge in [-0.3, -0.25) is 5.32 Å². The lowest BCUT2D eigenvalue weighted by molar-refractivity contribution is 0.495. The molecule has 0 rings (SSSR count). The van der Waals surface area contributed by atoms with Gasteiger partial charge in [-0.05, 0) is 12.3 Å². The van der Waals surface area contributed by atoms with Crippen LogP contribution < -0.4 is 5.32 Å². The first-order chi connectivity index (χ1) is 5.20. The SMILES string of the molecule is C=CCNC(C#N)CC(C)C. The van der Waals surface area contributed by atoms with E-state index in [0.717, 1.165) is 6.42 Å². The minimum atomic E-state index is -0.0204. The Bertz CT molecular complexity index is 144. The van der Waals surface area contributed by atoms with Gasteiger partial charge >= 0.3 is 0 Å². The molecule has 2 heteroatoms. The van der Waals surface area contributed by atoms with Gasteiger partial charge in [-0.25, -0.2) is 0 Å². The van der Waals surface area contributed by atoms with Crippen LogP contribution in [-0.2, 0) is 0 Å². The van der Waals surface area contributed by atoms with Gasteiger partial charge in [-0.1, -0.05) is 19.9 Å². The van der Waals surface area contributed by atoms with Gasteiger partial charge in [-0.15, -0.1) is 6.58 Å². The summed E-state index contributed by atoms with van der Waals surface area (Å²) >= 11 is 0. The van der Waals surface area contributed by atoms with Gasteiger partial charge in [0.2, 0.25) is 0 Å². The molecule has 0 fully saturated rings. The summed E-state index contributed by atoms with van der Waals surface area (Å²) in [7, 11) is 0. The van der Waals surface area contributed by atoms with Gasteiger partial charge in [-0.2, -0.15) is 5.26 Å². The van der Waals surface area contributed by atoms with Gasteiger partial charge in [0.1, 0.15) is 0 Å². The molecule has 0 aromatic heterocycles. The fourth-order valence-corrected chi connectivity index (χ4v) is 0.879. The average Bonchev–Trinajstić information content (AvgIpc) is 1.97. The number of rotatable bonds is 5. The largest absolute Gasteiger partial charge is 0.298 e. The summed E-state index contributed by atoms with van der Waals surface area (Å²) in [4.78, 5) is 0. The summed E-state index contributed by atoms with van der Waals surface area (Å²) in [6.45, 7) is 8.51. The topological polar surface area (TPSA) is 35.8 Å². The Balaban J connectivity index is 3.60. The van der Waals surface area contributed by atoms with Crippen molar-refractivity contribution in [2.24, 2.45) is 5.92 Å². The van der Waals surface area contributed by atoms with Gasteiger partial charge in [0.25, 0.3) is 0 Å². The van der Waals surface area contributed by atoms with Crippen molar-refractivity contribution in [1.29, 1.82) is 5.26 Å². The van der Waals surface area contributed by atoms with Crippen LogP contribution in [0.5, 0.6) is 0 Å². The molecule has 0 bridgehead atoms. The van der Waals surface area contributed by atoms with Crippen molar-refractivity contribution >= 4 is 0 Å². The number of nitrogens with zero attached hydrogens (tertiary/aromatic N) is 1. The molecule has 0 spiro atoms. The van der Waals surface area contributed by atoms with Gasteiger partial charge in [0, 0.05) is 6.54 Å². The normalized spacial score (nSPS) is 12.5. The zero-order chi connectivity index (χ0) is 8.69. The quantitative estimate of drug-likeness (QED) is 0.609. The van der Waals surface area contributed by atoms with Gasteiger partial charge in [0.15, 0.2) is 0 Å². The Labute approximate surface area is 68.9 Å². The molecule has 0 amide bonds. The number of nitrogens with one attached hydrogen (secondary N) is 1. The lowest BCUT2D eigenvalue weighted by atomic mass is 10.1. The van der Waals surface area contributed by atoms with Gasteiger partial charge < -0.3 is 0 Å². The van der Waals surface area contributed by atoms with Crippen LogP contribution in [0, 0.1) is 17.2 Å². The molecule has 0 aliphatic heterocycles. The third-order valence-corrected chi connectivity index (χ3v) is 1.37. The first kappa shape index (κ1) is 10.2. The summed E-state index contributed by atoms with van der Waals surface area (Å²) in [5, 5.41) is 11.7. The van der Waals surface area contributed by atoms with Crippen molar-refractivity contribution < 1.29 is 0 Å². The summed E-state index contributed by atoms with van der Waals surface area (Å²) < 4.78 is 0. The van der Waals surface area contributed by atoms with Crippen LogP contribution in [-0.4, -0.2) is 12.6 Å². The van der Waals surface area contributed by atoms with Crippen LogP contribution in [0.3, 0.4) is 0 Å². The molecule has 62 valence electrons. The van der Waals surface area contributed by atoms with Crippen LogP contribution in [0.25, 0.3) is 0 Å². The zero-order valence-corrected chi connectivity index (χ0v) is 7.30. The molecule has 0 aliphatic carbocycles. The smallest absolute Gasteiger partial charge is 0.0957 e. The van der Waals surface area contributed by atoms with Crippen molar-refractivity contribution in [3.05, 3.63) is 12.7 Å². The Kier molecular flexibility index (Phi) is 5.50. The minimum Gasteiger partial charge on any atom is -0.298 e. The van der Waals surface area contributed by atoms with Crippen LogP contribution in [0.1, 0.15) is 20.3 Å². The molecule has 0 radical (unpaired) electrons. The summed E-state index contributed by atoms with van der Waals surface area (Å²) in [6.07, 6.45) is 2.68. The minimum absolute atomic E-state index is 0.0204. The number of hydrogen-bond acceptors (Lipinski definition) is 2. The molecule has 2 nitrogen and oxygen atoms in total. The first-order valence-corrected chi connectivity index (χ1v) is 3.94. The number of hydrogen-bond donors (Lipinski definition) is 1. The Morgan fingerprint density at radius 1 is 1.64 bits per heavy atom. The van der Waals surface area contributed by atoms with E-state index in [9.17, 15) is 0 Å². The maximum atomic E-state index is 8.65. The third kappa shape index (κ3) is 5.63. The van der Waals surface area contributed by atoms with E-state index in [1.54, 1.807) is 6.08 Å². The molecule has 1 N–H and O–H groups in total. The highest BCUT2D eigenvalue weighted by atomic mass is 14.9. The van der Waals surface area contributed by atoms with Crippen LogP contribution in [0.2, 0.25) is 0 Å². The maximum absolute atomic E-state index is 8.65. The van der Waals surface area contributed by atoms with E-state index in [-0.39, 0.29) is 6.04 Å². The van der Waals surface area contributed by atoms with Crippen LogP contribution in [0.4, 0.5) is 0 Å². The highest BCUT2D eigenvalue weighted by molar-refractivity contribution is 4.91. The molecule has 0 aromatic carbocycles. The Hall–Kier alpha value is -0.810. The molecular formula is C9H16N2. The van der Waals surface area contributed by atoms with Gasteiger partial charge in [0.05, 0.1) is 12.1 Å². The number of nitriles is 1. The standard InChI is InChI=1S/C9H16N2/c1-4-5-11-9(7-10)6-8(2)3/h4,8-9,11H,1,5-6H2,2-3H3. The molecule has 0 heterocycles. The average molecular weight is 152 g/mol. The first-order valence-electron chi connectivity index (χ1n) is 3.94. The monoisotopic (exact) mass is 152 g/mol. The van der Waals surface area contributed by atoms with E-state index >= 15 is 0 Å². The highest BCUT2D eigenvalue weighted by Gasteiger charge is 2.06. The van der Waals surface area contributed by atoms with E-state index in [2.05, 4.69) is 31.8 Å². The van der Waals surface area contributed by atoms with E-state index in [0.29, 0.717) is 12.5 Å².